The summed E-state index contributed by atoms with van der Waals surface area (Å²) in [5.41, 5.74) is 1.10. The van der Waals surface area contributed by atoms with Crippen molar-refractivity contribution in [3.05, 3.63) is 39.9 Å². The van der Waals surface area contributed by atoms with Gasteiger partial charge < -0.3 is 17.0 Å². The fourth-order valence-electron chi connectivity index (χ4n) is 1.19. The van der Waals surface area contributed by atoms with Crippen molar-refractivity contribution < 1.29 is 26.5 Å². The largest absolute Gasteiger partial charge is 1.00 e. The summed E-state index contributed by atoms with van der Waals surface area (Å²) in [4.78, 5) is 9.96. The molecule has 84 valence electrons. The topological polar surface area (TPSA) is 69.2 Å². The lowest BCUT2D eigenvalue weighted by Crippen LogP contribution is -3.00. The lowest BCUT2D eigenvalue weighted by Gasteiger charge is -2.21. The Kier molecular flexibility index (Phi) is 4.86. The third kappa shape index (κ3) is 4.87. The van der Waals surface area contributed by atoms with E-state index in [4.69, 9.17) is 5.84 Å². The smallest absolute Gasteiger partial charge is 0.269 e. The van der Waals surface area contributed by atoms with Gasteiger partial charge in [0.15, 0.2) is 0 Å². The molecule has 0 amide bonds. The Balaban J connectivity index is 0.00000196. The van der Waals surface area contributed by atoms with Gasteiger partial charge in [0, 0.05) is 17.7 Å². The Bertz CT molecular complexity index is 332. The van der Waals surface area contributed by atoms with E-state index in [1.807, 2.05) is 14.1 Å². The maximum absolute atomic E-state index is 10.4. The second-order valence-corrected chi connectivity index (χ2v) is 3.86. The molecule has 1 rings (SSSR count). The highest BCUT2D eigenvalue weighted by Gasteiger charge is 2.11. The van der Waals surface area contributed by atoms with Crippen LogP contribution < -0.4 is 22.8 Å². The van der Waals surface area contributed by atoms with Crippen LogP contribution in [0.1, 0.15) is 5.56 Å². The van der Waals surface area contributed by atoms with E-state index in [2.05, 4.69) is 0 Å². The molecule has 0 fully saturated rings. The van der Waals surface area contributed by atoms with Gasteiger partial charge in [-0.05, 0) is 12.1 Å². The number of benzene rings is 1. The van der Waals surface area contributed by atoms with Crippen molar-refractivity contribution >= 4 is 5.69 Å². The molecule has 6 heteroatoms. The number of nitrogens with zero attached hydrogens (tertiary/aromatic N) is 2. The van der Waals surface area contributed by atoms with E-state index in [1.54, 1.807) is 12.1 Å². The average molecular weight is 276 g/mol. The number of non-ortho nitro benzene ring substituents is 1. The minimum atomic E-state index is -0.410. The molecule has 1 aromatic rings. The van der Waals surface area contributed by atoms with Gasteiger partial charge in [-0.25, -0.2) is 4.59 Å². The zero-order valence-corrected chi connectivity index (χ0v) is 10.3. The lowest BCUT2D eigenvalue weighted by molar-refractivity contribution is -0.915. The third-order valence-electron chi connectivity index (χ3n) is 1.74. The number of rotatable bonds is 3. The second-order valence-electron chi connectivity index (χ2n) is 3.86. The fraction of sp³-hybridized carbons (Fsp3) is 0.333. The molecular formula is C9H14BrN3O2. The van der Waals surface area contributed by atoms with Crippen LogP contribution in [0.4, 0.5) is 5.69 Å². The van der Waals surface area contributed by atoms with Crippen LogP contribution >= 0.6 is 0 Å². The number of nitro benzene ring substituents is 1. The predicted molar refractivity (Wildman–Crippen MR) is 53.1 cm³/mol. The van der Waals surface area contributed by atoms with Gasteiger partial charge in [-0.2, -0.15) is 5.84 Å². The molecule has 2 N–H and O–H groups in total. The van der Waals surface area contributed by atoms with Crippen LogP contribution in [0.25, 0.3) is 0 Å². The first-order valence-electron chi connectivity index (χ1n) is 4.23. The summed E-state index contributed by atoms with van der Waals surface area (Å²) in [7, 11) is 3.73. The van der Waals surface area contributed by atoms with Gasteiger partial charge in [0.2, 0.25) is 0 Å². The van der Waals surface area contributed by atoms with Gasteiger partial charge in [-0.3, -0.25) is 10.1 Å². The minimum absolute atomic E-state index is 0. The Hall–Kier alpha value is -0.980. The molecule has 0 heterocycles. The molecule has 15 heavy (non-hydrogen) atoms. The van der Waals surface area contributed by atoms with Crippen LogP contribution in [0.2, 0.25) is 0 Å². The van der Waals surface area contributed by atoms with Crippen LogP contribution in [-0.2, 0) is 6.54 Å². The average Bonchev–Trinajstić information content (AvgIpc) is 2.02. The number of hydrogen-bond donors (Lipinski definition) is 1. The van der Waals surface area contributed by atoms with Crippen LogP contribution in [-0.4, -0.2) is 23.6 Å². The number of hydrogen-bond acceptors (Lipinski definition) is 3. The van der Waals surface area contributed by atoms with E-state index >= 15 is 0 Å². The predicted octanol–water partition coefficient (Wildman–Crippen LogP) is -1.95. The quantitative estimate of drug-likeness (QED) is 0.302. The van der Waals surface area contributed by atoms with E-state index in [9.17, 15) is 10.1 Å². The third-order valence-corrected chi connectivity index (χ3v) is 1.74. The van der Waals surface area contributed by atoms with Crippen molar-refractivity contribution in [2.45, 2.75) is 6.54 Å². The summed E-state index contributed by atoms with van der Waals surface area (Å²) in [5.74, 6) is 5.77. The summed E-state index contributed by atoms with van der Waals surface area (Å²) in [6.07, 6.45) is 0. The van der Waals surface area contributed by atoms with E-state index in [1.165, 1.54) is 12.1 Å². The maximum atomic E-state index is 10.4. The fourth-order valence-corrected chi connectivity index (χ4v) is 1.19. The molecule has 0 unspecified atom stereocenters. The molecule has 0 aliphatic heterocycles. The van der Waals surface area contributed by atoms with Crippen molar-refractivity contribution in [3.63, 3.8) is 0 Å². The molecule has 5 nitrogen and oxygen atoms in total. The summed E-state index contributed by atoms with van der Waals surface area (Å²) in [6, 6.07) is 6.44. The monoisotopic (exact) mass is 275 g/mol. The number of quaternary nitrogens is 1. The molecule has 1 aromatic carbocycles. The number of halogens is 1. The Morgan fingerprint density at radius 2 is 1.80 bits per heavy atom. The highest BCUT2D eigenvalue weighted by atomic mass is 79.9. The van der Waals surface area contributed by atoms with Crippen LogP contribution in [0, 0.1) is 10.1 Å². The second kappa shape index (κ2) is 5.20. The van der Waals surface area contributed by atoms with E-state index in [0.717, 1.165) is 5.56 Å². The van der Waals surface area contributed by atoms with Crippen LogP contribution in [0.3, 0.4) is 0 Å². The highest BCUT2D eigenvalue weighted by Crippen LogP contribution is 2.13. The normalized spacial score (nSPS) is 10.6. The molecule has 0 saturated carbocycles. The summed E-state index contributed by atoms with van der Waals surface area (Å²) >= 11 is 0. The van der Waals surface area contributed by atoms with Gasteiger partial charge in [-0.15, -0.1) is 0 Å². The van der Waals surface area contributed by atoms with Crippen molar-refractivity contribution in [2.24, 2.45) is 5.84 Å². The Labute approximate surface area is 99.0 Å². The molecule has 0 bridgehead atoms. The zero-order valence-electron chi connectivity index (χ0n) is 8.68. The van der Waals surface area contributed by atoms with Crippen molar-refractivity contribution in [1.29, 1.82) is 0 Å². The van der Waals surface area contributed by atoms with Gasteiger partial charge >= 0.3 is 0 Å². The molecule has 0 aliphatic carbocycles. The van der Waals surface area contributed by atoms with E-state index in [0.29, 0.717) is 11.1 Å². The zero-order chi connectivity index (χ0) is 10.8. The molecule has 0 aliphatic rings. The van der Waals surface area contributed by atoms with Crippen molar-refractivity contribution in [1.82, 2.24) is 0 Å². The van der Waals surface area contributed by atoms with Crippen LogP contribution in [0.5, 0.6) is 0 Å². The molecule has 0 aromatic heterocycles. The Morgan fingerprint density at radius 1 is 1.33 bits per heavy atom. The first kappa shape index (κ1) is 14.0. The first-order valence-corrected chi connectivity index (χ1v) is 4.23. The standard InChI is InChI=1S/C9H14N3O2.BrH/c1-12(2,10)7-8-3-5-9(6-4-8)11(13)14;/h3-6H,7,10H2,1-2H3;1H/q+1;/p-1. The maximum Gasteiger partial charge on any atom is 0.269 e. The summed E-state index contributed by atoms with van der Waals surface area (Å²) in [5, 5.41) is 10.4. The first-order chi connectivity index (χ1) is 6.38. The number of nitro groups is 1. The molecule has 0 spiro atoms. The molecule has 0 radical (unpaired) electrons. The van der Waals surface area contributed by atoms with Gasteiger partial charge in [0.05, 0.1) is 19.0 Å². The van der Waals surface area contributed by atoms with E-state index < -0.39 is 4.92 Å². The minimum Gasteiger partial charge on any atom is -1.00 e. The Morgan fingerprint density at radius 3 is 2.13 bits per heavy atom. The van der Waals surface area contributed by atoms with E-state index in [-0.39, 0.29) is 22.7 Å². The van der Waals surface area contributed by atoms with Gasteiger partial charge in [-0.1, -0.05) is 0 Å². The molecule has 0 atom stereocenters. The molecular weight excluding hydrogens is 262 g/mol. The SMILES string of the molecule is C[N+](C)(N)Cc1ccc([N+](=O)[O-])cc1.[Br-]. The lowest BCUT2D eigenvalue weighted by atomic mass is 10.2. The summed E-state index contributed by atoms with van der Waals surface area (Å²) in [6.45, 7) is 0.651. The van der Waals surface area contributed by atoms with Crippen molar-refractivity contribution in [2.75, 3.05) is 14.1 Å². The summed E-state index contributed by atoms with van der Waals surface area (Å²) < 4.78 is 0.317. The van der Waals surface area contributed by atoms with Gasteiger partial charge in [0.1, 0.15) is 6.54 Å². The highest BCUT2D eigenvalue weighted by molar-refractivity contribution is 5.32. The number of nitrogens with two attached hydrogens (primary N) is 1. The molecule has 0 saturated heterocycles. The van der Waals surface area contributed by atoms with Crippen LogP contribution in [0.15, 0.2) is 24.3 Å². The van der Waals surface area contributed by atoms with Gasteiger partial charge in [0.25, 0.3) is 5.69 Å². The van der Waals surface area contributed by atoms with Crippen molar-refractivity contribution in [3.8, 4) is 0 Å².